The third-order valence-corrected chi connectivity index (χ3v) is 7.80. The Labute approximate surface area is 244 Å². The molecule has 3 heterocycles. The summed E-state index contributed by atoms with van der Waals surface area (Å²) >= 11 is 0. The van der Waals surface area contributed by atoms with Crippen molar-refractivity contribution in [3.05, 3.63) is 65.7 Å². The molecule has 2 aromatic rings. The Morgan fingerprint density at radius 2 is 1.90 bits per heavy atom. The predicted octanol–water partition coefficient (Wildman–Crippen LogP) is 1.15. The number of fused-ring (bicyclic) bond motifs is 1. The van der Waals surface area contributed by atoms with Gasteiger partial charge in [-0.2, -0.15) is 0 Å². The number of aliphatic hydroxyl groups excluding tert-OH is 1. The summed E-state index contributed by atoms with van der Waals surface area (Å²) in [5.41, 5.74) is 2.13. The number of anilines is 1. The quantitative estimate of drug-likeness (QED) is 0.295. The Hall–Kier alpha value is -4.00. The molecule has 12 heteroatoms. The number of nitrogens with zero attached hydrogens (tertiary/aromatic N) is 3. The molecule has 3 saturated heterocycles. The van der Waals surface area contributed by atoms with Crippen LogP contribution < -0.4 is 15.5 Å². The number of carbonyl (C=O) groups excluding carboxylic acids is 4. The van der Waals surface area contributed by atoms with Crippen molar-refractivity contribution in [2.45, 2.75) is 69.4 Å². The Bertz CT molecular complexity index is 1310. The van der Waals surface area contributed by atoms with Crippen molar-refractivity contribution in [1.82, 2.24) is 20.7 Å². The van der Waals surface area contributed by atoms with Gasteiger partial charge in [-0.25, -0.2) is 5.01 Å². The molecule has 5 atom stereocenters. The lowest BCUT2D eigenvalue weighted by molar-refractivity contribution is -0.184. The highest BCUT2D eigenvalue weighted by atomic mass is 16.7. The van der Waals surface area contributed by atoms with Crippen molar-refractivity contribution in [2.24, 2.45) is 0 Å². The fraction of sp³-hybridized carbons (Fsp3) is 0.467. The van der Waals surface area contributed by atoms with Crippen molar-refractivity contribution in [3.63, 3.8) is 0 Å². The predicted molar refractivity (Wildman–Crippen MR) is 151 cm³/mol. The van der Waals surface area contributed by atoms with E-state index in [1.807, 2.05) is 55.4 Å². The maximum Gasteiger partial charge on any atom is 0.309 e. The third-order valence-electron chi connectivity index (χ3n) is 7.80. The minimum Gasteiger partial charge on any atom is -0.434 e. The zero-order valence-corrected chi connectivity index (χ0v) is 23.8. The van der Waals surface area contributed by atoms with Gasteiger partial charge >= 0.3 is 5.97 Å². The van der Waals surface area contributed by atoms with E-state index in [-0.39, 0.29) is 31.8 Å². The van der Waals surface area contributed by atoms with Gasteiger partial charge in [0.05, 0.1) is 25.1 Å². The Morgan fingerprint density at radius 3 is 2.67 bits per heavy atom. The van der Waals surface area contributed by atoms with E-state index in [0.717, 1.165) is 11.3 Å². The number of rotatable bonds is 9. The molecule has 3 aliphatic heterocycles. The summed E-state index contributed by atoms with van der Waals surface area (Å²) in [4.78, 5) is 54.1. The van der Waals surface area contributed by atoms with Crippen molar-refractivity contribution >= 4 is 29.4 Å². The first-order chi connectivity index (χ1) is 20.2. The number of nitrogens with one attached hydrogen (secondary N) is 2. The zero-order chi connectivity index (χ0) is 29.8. The molecular weight excluding hydrogens is 542 g/mol. The van der Waals surface area contributed by atoms with Crippen molar-refractivity contribution in [2.75, 3.05) is 25.5 Å². The molecule has 0 aliphatic carbocycles. The maximum atomic E-state index is 13.9. The van der Waals surface area contributed by atoms with Crippen LogP contribution >= 0.6 is 0 Å². The van der Waals surface area contributed by atoms with Crippen LogP contribution in [0.1, 0.15) is 48.0 Å². The first kappa shape index (κ1) is 29.5. The molecule has 0 radical (unpaired) electrons. The molecule has 3 fully saturated rings. The molecular formula is C30H37N5O7. The van der Waals surface area contributed by atoms with Gasteiger partial charge in [0.2, 0.25) is 12.2 Å². The number of benzene rings is 2. The fourth-order valence-electron chi connectivity index (χ4n) is 5.57. The maximum absolute atomic E-state index is 13.9. The van der Waals surface area contributed by atoms with Gasteiger partial charge in [-0.3, -0.25) is 29.5 Å². The zero-order valence-electron chi connectivity index (χ0n) is 23.8. The lowest BCUT2D eigenvalue weighted by atomic mass is 10.0. The summed E-state index contributed by atoms with van der Waals surface area (Å²) in [5, 5.41) is 19.8. The first-order valence-electron chi connectivity index (χ1n) is 14.2. The minimum atomic E-state index is -1.29. The van der Waals surface area contributed by atoms with Gasteiger partial charge in [0.1, 0.15) is 12.3 Å². The molecule has 5 rings (SSSR count). The number of hydrogen-bond donors (Lipinski definition) is 3. The lowest BCUT2D eigenvalue weighted by Gasteiger charge is -2.45. The van der Waals surface area contributed by atoms with E-state index in [0.29, 0.717) is 24.9 Å². The van der Waals surface area contributed by atoms with E-state index in [9.17, 15) is 24.3 Å². The van der Waals surface area contributed by atoms with Crippen LogP contribution in [0.5, 0.6) is 0 Å². The average Bonchev–Trinajstić information content (AvgIpc) is 3.30. The molecule has 12 nitrogen and oxygen atoms in total. The molecule has 3 amide bonds. The standard InChI is InChI=1S/C30H37N5O7/c1-33(2)21-11-6-10-20(16-21)27(38)31-22-13-14-25(36)34-15-7-12-24(35(34)29(22)40)28(39)32-23-17-26(37)42-30(23)41-18-19-8-4-3-5-9-19/h3-6,8-11,16,22-24,28,30,32,39H,7,12-15,17-18H2,1-2H3,(H,31,38)/t22-,23-,24-,28?,30?/m0/s1. The second-order valence-electron chi connectivity index (χ2n) is 11.0. The van der Waals surface area contributed by atoms with Crippen LogP contribution in [-0.4, -0.2) is 90.1 Å². The highest BCUT2D eigenvalue weighted by molar-refractivity contribution is 5.99. The van der Waals surface area contributed by atoms with Crippen LogP contribution in [0.3, 0.4) is 0 Å². The van der Waals surface area contributed by atoms with Crippen molar-refractivity contribution in [1.29, 1.82) is 0 Å². The number of carbonyl (C=O) groups is 4. The van der Waals surface area contributed by atoms with Gasteiger partial charge in [0, 0.05) is 38.3 Å². The van der Waals surface area contributed by atoms with E-state index in [4.69, 9.17) is 9.47 Å². The summed E-state index contributed by atoms with van der Waals surface area (Å²) in [7, 11) is 3.74. The fourth-order valence-corrected chi connectivity index (χ4v) is 5.57. The van der Waals surface area contributed by atoms with Gasteiger partial charge in [0.15, 0.2) is 0 Å². The molecule has 2 unspecified atom stereocenters. The number of cyclic esters (lactones) is 1. The second-order valence-corrected chi connectivity index (χ2v) is 11.0. The Morgan fingerprint density at radius 1 is 1.12 bits per heavy atom. The second kappa shape index (κ2) is 12.9. The smallest absolute Gasteiger partial charge is 0.309 e. The number of aliphatic hydroxyl groups is 1. The lowest BCUT2D eigenvalue weighted by Crippen LogP contribution is -2.65. The molecule has 0 bridgehead atoms. The van der Waals surface area contributed by atoms with Gasteiger partial charge in [-0.1, -0.05) is 36.4 Å². The summed E-state index contributed by atoms with van der Waals surface area (Å²) in [6.45, 7) is 0.537. The van der Waals surface area contributed by atoms with Crippen LogP contribution in [-0.2, 0) is 30.5 Å². The summed E-state index contributed by atoms with van der Waals surface area (Å²) in [6.07, 6.45) is -1.06. The van der Waals surface area contributed by atoms with Crippen LogP contribution in [0.4, 0.5) is 5.69 Å². The van der Waals surface area contributed by atoms with Crippen LogP contribution in [0, 0.1) is 0 Å². The Balaban J connectivity index is 1.29. The number of ether oxygens (including phenoxy) is 2. The topological polar surface area (TPSA) is 141 Å². The highest BCUT2D eigenvalue weighted by Crippen LogP contribution is 2.28. The van der Waals surface area contributed by atoms with E-state index < -0.39 is 48.4 Å². The minimum absolute atomic E-state index is 0.0233. The summed E-state index contributed by atoms with van der Waals surface area (Å²) in [6, 6.07) is 14.0. The average molecular weight is 580 g/mol. The van der Waals surface area contributed by atoms with Gasteiger partial charge in [-0.15, -0.1) is 0 Å². The summed E-state index contributed by atoms with van der Waals surface area (Å²) in [5.74, 6) is -1.62. The number of hydrogen-bond acceptors (Lipinski definition) is 9. The van der Waals surface area contributed by atoms with Crippen molar-refractivity contribution < 1.29 is 33.8 Å². The van der Waals surface area contributed by atoms with Crippen LogP contribution in [0.25, 0.3) is 0 Å². The molecule has 0 saturated carbocycles. The molecule has 2 aromatic carbocycles. The number of hydrazine groups is 1. The molecule has 0 spiro atoms. The Kier molecular flexibility index (Phi) is 9.05. The summed E-state index contributed by atoms with van der Waals surface area (Å²) < 4.78 is 11.2. The third kappa shape index (κ3) is 6.56. The molecule has 3 aliphatic rings. The normalized spacial score (nSPS) is 25.0. The van der Waals surface area contributed by atoms with Crippen LogP contribution in [0.2, 0.25) is 0 Å². The van der Waals surface area contributed by atoms with E-state index in [1.54, 1.807) is 18.2 Å². The monoisotopic (exact) mass is 579 g/mol. The number of esters is 1. The largest absolute Gasteiger partial charge is 0.434 e. The van der Waals surface area contributed by atoms with Crippen molar-refractivity contribution in [3.8, 4) is 0 Å². The van der Waals surface area contributed by atoms with E-state index in [2.05, 4.69) is 10.6 Å². The van der Waals surface area contributed by atoms with Crippen LogP contribution in [0.15, 0.2) is 54.6 Å². The molecule has 0 aromatic heterocycles. The highest BCUT2D eigenvalue weighted by Gasteiger charge is 2.46. The van der Waals surface area contributed by atoms with Gasteiger partial charge in [0.25, 0.3) is 11.8 Å². The molecule has 42 heavy (non-hydrogen) atoms. The number of amides is 3. The van der Waals surface area contributed by atoms with E-state index >= 15 is 0 Å². The first-order valence-corrected chi connectivity index (χ1v) is 14.2. The molecule has 3 N–H and O–H groups in total. The SMILES string of the molecule is CN(C)c1cccc(C(=O)N[C@H]2CCC(=O)N3CCC[C@@H](C(O)N[C@H]4CC(=O)OC4OCc4ccccc4)N3C2=O)c1. The van der Waals surface area contributed by atoms with E-state index in [1.165, 1.54) is 10.0 Å². The molecule has 224 valence electrons. The van der Waals surface area contributed by atoms with Gasteiger partial charge < -0.3 is 24.8 Å². The van der Waals surface area contributed by atoms with Gasteiger partial charge in [-0.05, 0) is 43.0 Å².